The molecule has 0 spiro atoms. The highest BCUT2D eigenvalue weighted by Gasteiger charge is 2.18. The van der Waals surface area contributed by atoms with E-state index < -0.39 is 0 Å². The third-order valence-electron chi connectivity index (χ3n) is 3.96. The van der Waals surface area contributed by atoms with Crippen molar-refractivity contribution in [3.05, 3.63) is 64.7 Å². The van der Waals surface area contributed by atoms with Gasteiger partial charge in [-0.25, -0.2) is 0 Å². The normalized spacial score (nSPS) is 12.1. The number of thiocarbonyl (C=S) groups is 1. The van der Waals surface area contributed by atoms with Crippen LogP contribution in [0.3, 0.4) is 0 Å². The van der Waals surface area contributed by atoms with Gasteiger partial charge in [0.2, 0.25) is 0 Å². The summed E-state index contributed by atoms with van der Waals surface area (Å²) < 4.78 is 0. The van der Waals surface area contributed by atoms with Gasteiger partial charge in [-0.1, -0.05) is 44.2 Å². The highest BCUT2D eigenvalue weighted by atomic mass is 32.1. The second-order valence-electron chi connectivity index (χ2n) is 6.55. The molecule has 23 heavy (non-hydrogen) atoms. The molecule has 0 fully saturated rings. The Bertz CT molecular complexity index is 672. The Labute approximate surface area is 145 Å². The molecule has 0 bridgehead atoms. The first-order valence-corrected chi connectivity index (χ1v) is 8.49. The van der Waals surface area contributed by atoms with Crippen LogP contribution in [0, 0.1) is 26.7 Å². The summed E-state index contributed by atoms with van der Waals surface area (Å²) in [4.78, 5) is 0. The molecule has 0 radical (unpaired) electrons. The van der Waals surface area contributed by atoms with Crippen LogP contribution >= 0.6 is 12.2 Å². The summed E-state index contributed by atoms with van der Waals surface area (Å²) in [5.74, 6) is 0.440. The molecule has 122 valence electrons. The van der Waals surface area contributed by atoms with E-state index in [9.17, 15) is 0 Å². The van der Waals surface area contributed by atoms with Crippen LogP contribution in [0.5, 0.6) is 0 Å². The molecule has 0 saturated heterocycles. The van der Waals surface area contributed by atoms with E-state index in [1.807, 2.05) is 0 Å². The SMILES string of the molecule is Cc1cc(C)cc(NC(=S)N[C@@H](c2ccccc2C)C(C)C)c1. The smallest absolute Gasteiger partial charge is 0.171 e. The largest absolute Gasteiger partial charge is 0.355 e. The van der Waals surface area contributed by atoms with E-state index >= 15 is 0 Å². The Morgan fingerprint density at radius 2 is 1.57 bits per heavy atom. The van der Waals surface area contributed by atoms with Gasteiger partial charge in [0.1, 0.15) is 0 Å². The van der Waals surface area contributed by atoms with E-state index in [1.165, 1.54) is 22.3 Å². The minimum Gasteiger partial charge on any atom is -0.355 e. The molecule has 0 saturated carbocycles. The molecular formula is C20H26N2S. The van der Waals surface area contributed by atoms with Gasteiger partial charge in [0.25, 0.3) is 0 Å². The summed E-state index contributed by atoms with van der Waals surface area (Å²) in [6.07, 6.45) is 0. The van der Waals surface area contributed by atoms with Crippen molar-refractivity contribution >= 4 is 23.0 Å². The maximum Gasteiger partial charge on any atom is 0.171 e. The fourth-order valence-electron chi connectivity index (χ4n) is 2.89. The number of nitrogens with one attached hydrogen (secondary N) is 2. The predicted octanol–water partition coefficient (Wildman–Crippen LogP) is 5.30. The Morgan fingerprint density at radius 3 is 2.13 bits per heavy atom. The highest BCUT2D eigenvalue weighted by Crippen LogP contribution is 2.25. The van der Waals surface area contributed by atoms with Gasteiger partial charge in [0.15, 0.2) is 5.11 Å². The number of rotatable bonds is 4. The van der Waals surface area contributed by atoms with Crippen molar-refractivity contribution in [2.45, 2.75) is 40.7 Å². The number of hydrogen-bond donors (Lipinski definition) is 2. The van der Waals surface area contributed by atoms with Crippen molar-refractivity contribution in [3.8, 4) is 0 Å². The number of aryl methyl sites for hydroxylation is 3. The van der Waals surface area contributed by atoms with Crippen molar-refractivity contribution in [1.29, 1.82) is 0 Å². The van der Waals surface area contributed by atoms with Crippen molar-refractivity contribution in [2.24, 2.45) is 5.92 Å². The van der Waals surface area contributed by atoms with Gasteiger partial charge in [0, 0.05) is 5.69 Å². The van der Waals surface area contributed by atoms with Crippen molar-refractivity contribution < 1.29 is 0 Å². The third kappa shape index (κ3) is 4.80. The standard InChI is InChI=1S/C20H26N2S/c1-13(2)19(18-9-7-6-8-16(18)5)22-20(23)21-17-11-14(3)10-15(4)12-17/h6-13,19H,1-5H3,(H2,21,22,23)/t19-/m1/s1. The molecule has 0 aliphatic carbocycles. The average molecular weight is 327 g/mol. The number of anilines is 1. The Balaban J connectivity index is 2.14. The minimum absolute atomic E-state index is 0.196. The quantitative estimate of drug-likeness (QED) is 0.746. The van der Waals surface area contributed by atoms with Crippen LogP contribution in [0.2, 0.25) is 0 Å². The maximum atomic E-state index is 5.54. The van der Waals surface area contributed by atoms with Crippen molar-refractivity contribution in [2.75, 3.05) is 5.32 Å². The van der Waals surface area contributed by atoms with Gasteiger partial charge >= 0.3 is 0 Å². The number of hydrogen-bond acceptors (Lipinski definition) is 1. The van der Waals surface area contributed by atoms with Gasteiger partial charge in [0.05, 0.1) is 6.04 Å². The van der Waals surface area contributed by atoms with Crippen molar-refractivity contribution in [1.82, 2.24) is 5.32 Å². The van der Waals surface area contributed by atoms with Gasteiger partial charge in [-0.2, -0.15) is 0 Å². The molecule has 0 unspecified atom stereocenters. The zero-order valence-electron chi connectivity index (χ0n) is 14.6. The lowest BCUT2D eigenvalue weighted by Crippen LogP contribution is -2.35. The van der Waals surface area contributed by atoms with E-state index in [0.717, 1.165) is 5.69 Å². The summed E-state index contributed by atoms with van der Waals surface area (Å²) in [6, 6.07) is 15.0. The van der Waals surface area contributed by atoms with Crippen LogP contribution in [0.4, 0.5) is 5.69 Å². The number of benzene rings is 2. The maximum absolute atomic E-state index is 5.54. The fourth-order valence-corrected chi connectivity index (χ4v) is 3.14. The summed E-state index contributed by atoms with van der Waals surface area (Å²) in [5.41, 5.74) is 6.08. The second kappa shape index (κ2) is 7.60. The molecule has 0 aliphatic rings. The minimum atomic E-state index is 0.196. The first-order chi connectivity index (χ1) is 10.9. The average Bonchev–Trinajstić information content (AvgIpc) is 2.44. The van der Waals surface area contributed by atoms with Gasteiger partial charge in [-0.3, -0.25) is 0 Å². The molecule has 2 aromatic rings. The molecule has 0 aromatic heterocycles. The zero-order valence-corrected chi connectivity index (χ0v) is 15.4. The topological polar surface area (TPSA) is 24.1 Å². The fraction of sp³-hybridized carbons (Fsp3) is 0.350. The molecule has 1 atom stereocenters. The van der Waals surface area contributed by atoms with Gasteiger partial charge in [-0.05, 0) is 73.3 Å². The molecule has 2 rings (SSSR count). The molecule has 2 N–H and O–H groups in total. The molecule has 0 amide bonds. The van der Waals surface area contributed by atoms with Crippen LogP contribution in [-0.2, 0) is 0 Å². The lowest BCUT2D eigenvalue weighted by molar-refractivity contribution is 0.471. The first-order valence-electron chi connectivity index (χ1n) is 8.08. The Hall–Kier alpha value is -1.87. The molecule has 0 aliphatic heterocycles. The highest BCUT2D eigenvalue weighted by molar-refractivity contribution is 7.80. The predicted molar refractivity (Wildman–Crippen MR) is 104 cm³/mol. The first kappa shape index (κ1) is 17.5. The van der Waals surface area contributed by atoms with E-state index in [2.05, 4.69) is 87.7 Å². The summed E-state index contributed by atoms with van der Waals surface area (Å²) in [6.45, 7) is 10.8. The van der Waals surface area contributed by atoms with Gasteiger partial charge < -0.3 is 10.6 Å². The third-order valence-corrected chi connectivity index (χ3v) is 4.18. The monoisotopic (exact) mass is 326 g/mol. The van der Waals surface area contributed by atoms with Crippen LogP contribution in [-0.4, -0.2) is 5.11 Å². The Morgan fingerprint density at radius 1 is 0.957 bits per heavy atom. The molecule has 3 heteroatoms. The van der Waals surface area contributed by atoms with E-state index in [4.69, 9.17) is 12.2 Å². The van der Waals surface area contributed by atoms with Crippen LogP contribution in [0.1, 0.15) is 42.1 Å². The summed E-state index contributed by atoms with van der Waals surface area (Å²) in [7, 11) is 0. The molecule has 0 heterocycles. The lowest BCUT2D eigenvalue weighted by atomic mass is 9.93. The molecule has 2 nitrogen and oxygen atoms in total. The summed E-state index contributed by atoms with van der Waals surface area (Å²) >= 11 is 5.54. The van der Waals surface area contributed by atoms with E-state index in [-0.39, 0.29) is 6.04 Å². The van der Waals surface area contributed by atoms with Crippen LogP contribution in [0.15, 0.2) is 42.5 Å². The van der Waals surface area contributed by atoms with Crippen molar-refractivity contribution in [3.63, 3.8) is 0 Å². The van der Waals surface area contributed by atoms with Crippen LogP contribution in [0.25, 0.3) is 0 Å². The summed E-state index contributed by atoms with van der Waals surface area (Å²) in [5, 5.41) is 7.46. The van der Waals surface area contributed by atoms with E-state index in [1.54, 1.807) is 0 Å². The molecular weight excluding hydrogens is 300 g/mol. The Kier molecular flexibility index (Phi) is 5.78. The van der Waals surface area contributed by atoms with E-state index in [0.29, 0.717) is 11.0 Å². The zero-order chi connectivity index (χ0) is 17.0. The lowest BCUT2D eigenvalue weighted by Gasteiger charge is -2.26. The molecule has 2 aromatic carbocycles. The van der Waals surface area contributed by atoms with Gasteiger partial charge in [-0.15, -0.1) is 0 Å². The second-order valence-corrected chi connectivity index (χ2v) is 6.96. The van der Waals surface area contributed by atoms with Crippen LogP contribution < -0.4 is 10.6 Å².